The van der Waals surface area contributed by atoms with Crippen molar-refractivity contribution >= 4 is 44.0 Å². The molecular formula is C12H11ClIN2O2S-. The molecule has 0 amide bonds. The lowest BCUT2D eigenvalue weighted by molar-refractivity contribution is -0.00000590. The third-order valence-electron chi connectivity index (χ3n) is 2.29. The molecule has 3 N–H and O–H groups in total. The topological polar surface area (TPSA) is 72.2 Å². The van der Waals surface area contributed by atoms with E-state index in [9.17, 15) is 8.42 Å². The van der Waals surface area contributed by atoms with Crippen molar-refractivity contribution < 1.29 is 20.8 Å². The van der Waals surface area contributed by atoms with E-state index in [-0.39, 0.29) is 17.3 Å². The highest BCUT2D eigenvalue weighted by molar-refractivity contribution is 14.1. The standard InChI is InChI=1S/C12H11IN2O2S.ClH/c13-9-1-5-11(6-2-9)15-18(16,17)12-7-3-10(14)4-8-12;/h1-8,15H,14H2;1H/p-1. The van der Waals surface area contributed by atoms with Crippen LogP contribution in [-0.4, -0.2) is 8.42 Å². The fraction of sp³-hybridized carbons (Fsp3) is 0. The van der Waals surface area contributed by atoms with Gasteiger partial charge in [-0.1, -0.05) is 0 Å². The molecule has 4 nitrogen and oxygen atoms in total. The first-order valence-electron chi connectivity index (χ1n) is 5.11. The molecule has 19 heavy (non-hydrogen) atoms. The summed E-state index contributed by atoms with van der Waals surface area (Å²) in [6.45, 7) is 0. The van der Waals surface area contributed by atoms with Crippen molar-refractivity contribution in [3.8, 4) is 0 Å². The van der Waals surface area contributed by atoms with Crippen LogP contribution in [0.3, 0.4) is 0 Å². The van der Waals surface area contributed by atoms with Crippen molar-refractivity contribution in [2.24, 2.45) is 0 Å². The molecule has 0 saturated heterocycles. The number of benzene rings is 2. The molecule has 2 aromatic carbocycles. The first-order valence-corrected chi connectivity index (χ1v) is 7.67. The SMILES string of the molecule is Nc1ccc(S(=O)(=O)Nc2ccc(I)cc2)cc1.[Cl-]. The van der Waals surface area contributed by atoms with E-state index in [2.05, 4.69) is 27.3 Å². The summed E-state index contributed by atoms with van der Waals surface area (Å²) in [6, 6.07) is 13.2. The maximum atomic E-state index is 12.0. The second-order valence-electron chi connectivity index (χ2n) is 3.68. The Morgan fingerprint density at radius 3 is 2.00 bits per heavy atom. The zero-order valence-electron chi connectivity index (χ0n) is 9.68. The second kappa shape index (κ2) is 6.44. The number of hydrogen-bond acceptors (Lipinski definition) is 3. The van der Waals surface area contributed by atoms with E-state index in [1.165, 1.54) is 12.1 Å². The Labute approximate surface area is 132 Å². The number of rotatable bonds is 3. The van der Waals surface area contributed by atoms with E-state index in [0.717, 1.165) is 3.57 Å². The van der Waals surface area contributed by atoms with Gasteiger partial charge in [-0.3, -0.25) is 4.72 Å². The predicted octanol–water partition coefficient (Wildman–Crippen LogP) is -0.322. The highest BCUT2D eigenvalue weighted by atomic mass is 127. The van der Waals surface area contributed by atoms with Crippen LogP contribution < -0.4 is 22.9 Å². The van der Waals surface area contributed by atoms with Gasteiger partial charge in [-0.05, 0) is 71.1 Å². The van der Waals surface area contributed by atoms with Crippen LogP contribution in [0.2, 0.25) is 0 Å². The first-order chi connectivity index (χ1) is 8.47. The lowest BCUT2D eigenvalue weighted by Crippen LogP contribution is -3.00. The fourth-order valence-corrected chi connectivity index (χ4v) is 2.80. The van der Waals surface area contributed by atoms with Gasteiger partial charge in [0.15, 0.2) is 0 Å². The Morgan fingerprint density at radius 1 is 0.947 bits per heavy atom. The molecule has 0 fully saturated rings. The Bertz CT molecular complexity index is 642. The summed E-state index contributed by atoms with van der Waals surface area (Å²) in [5.41, 5.74) is 6.59. The molecule has 102 valence electrons. The summed E-state index contributed by atoms with van der Waals surface area (Å²) in [4.78, 5) is 0.190. The third-order valence-corrected chi connectivity index (χ3v) is 4.40. The third kappa shape index (κ3) is 4.26. The highest BCUT2D eigenvalue weighted by Crippen LogP contribution is 2.18. The van der Waals surface area contributed by atoms with Crippen LogP contribution in [-0.2, 0) is 10.0 Å². The molecule has 2 aromatic rings. The van der Waals surface area contributed by atoms with Crippen LogP contribution in [0.4, 0.5) is 11.4 Å². The van der Waals surface area contributed by atoms with Crippen LogP contribution >= 0.6 is 22.6 Å². The average molecular weight is 410 g/mol. The largest absolute Gasteiger partial charge is 1.00 e. The molecule has 0 unspecified atom stereocenters. The van der Waals surface area contributed by atoms with E-state index in [1.54, 1.807) is 24.3 Å². The number of hydrogen-bond donors (Lipinski definition) is 2. The minimum Gasteiger partial charge on any atom is -1.00 e. The molecule has 0 aliphatic heterocycles. The zero-order valence-corrected chi connectivity index (χ0v) is 13.4. The number of anilines is 2. The van der Waals surface area contributed by atoms with Crippen molar-refractivity contribution in [3.63, 3.8) is 0 Å². The Morgan fingerprint density at radius 2 is 1.47 bits per heavy atom. The lowest BCUT2D eigenvalue weighted by Gasteiger charge is -2.08. The number of sulfonamides is 1. The molecule has 2 rings (SSSR count). The van der Waals surface area contributed by atoms with Crippen molar-refractivity contribution in [3.05, 3.63) is 52.1 Å². The average Bonchev–Trinajstić information content (AvgIpc) is 2.32. The molecule has 7 heteroatoms. The van der Waals surface area contributed by atoms with E-state index in [4.69, 9.17) is 5.73 Å². The Kier molecular flexibility index (Phi) is 5.45. The monoisotopic (exact) mass is 409 g/mol. The van der Waals surface area contributed by atoms with Gasteiger partial charge in [0.2, 0.25) is 0 Å². The summed E-state index contributed by atoms with van der Waals surface area (Å²) in [6.07, 6.45) is 0. The predicted molar refractivity (Wildman–Crippen MR) is 80.8 cm³/mol. The molecule has 0 spiro atoms. The molecule has 0 aromatic heterocycles. The lowest BCUT2D eigenvalue weighted by atomic mass is 10.3. The van der Waals surface area contributed by atoms with Gasteiger partial charge in [0, 0.05) is 14.9 Å². The highest BCUT2D eigenvalue weighted by Gasteiger charge is 2.13. The molecule has 0 aliphatic carbocycles. The van der Waals surface area contributed by atoms with Crippen LogP contribution in [0.25, 0.3) is 0 Å². The second-order valence-corrected chi connectivity index (χ2v) is 6.61. The Hall–Kier alpha value is -0.990. The molecule has 0 radical (unpaired) electrons. The number of nitrogens with one attached hydrogen (secondary N) is 1. The van der Waals surface area contributed by atoms with Gasteiger partial charge in [0.25, 0.3) is 10.0 Å². The van der Waals surface area contributed by atoms with Gasteiger partial charge in [0.05, 0.1) is 4.90 Å². The van der Waals surface area contributed by atoms with Crippen molar-refractivity contribution in [1.29, 1.82) is 0 Å². The van der Waals surface area contributed by atoms with Crippen LogP contribution in [0.1, 0.15) is 0 Å². The minimum atomic E-state index is -3.55. The van der Waals surface area contributed by atoms with E-state index >= 15 is 0 Å². The van der Waals surface area contributed by atoms with Crippen molar-refractivity contribution in [2.75, 3.05) is 10.5 Å². The van der Waals surface area contributed by atoms with Gasteiger partial charge in [-0.2, -0.15) is 0 Å². The molecule has 0 heterocycles. The van der Waals surface area contributed by atoms with E-state index < -0.39 is 10.0 Å². The van der Waals surface area contributed by atoms with E-state index in [1.807, 2.05) is 12.1 Å². The summed E-state index contributed by atoms with van der Waals surface area (Å²) >= 11 is 2.16. The molecule has 0 bridgehead atoms. The van der Waals surface area contributed by atoms with Crippen molar-refractivity contribution in [1.82, 2.24) is 0 Å². The summed E-state index contributed by atoms with van der Waals surface area (Å²) < 4.78 is 27.6. The normalized spacial score (nSPS) is 10.6. The fourth-order valence-electron chi connectivity index (χ4n) is 1.38. The minimum absolute atomic E-state index is 0. The van der Waals surface area contributed by atoms with Crippen LogP contribution in [0, 0.1) is 3.57 Å². The maximum Gasteiger partial charge on any atom is 0.261 e. The summed E-state index contributed by atoms with van der Waals surface area (Å²) in [5, 5.41) is 0. The van der Waals surface area contributed by atoms with Crippen LogP contribution in [0.5, 0.6) is 0 Å². The maximum absolute atomic E-state index is 12.0. The molecule has 0 aliphatic rings. The Balaban J connectivity index is 0.00000180. The quantitative estimate of drug-likeness (QED) is 0.539. The van der Waals surface area contributed by atoms with Gasteiger partial charge >= 0.3 is 0 Å². The van der Waals surface area contributed by atoms with E-state index in [0.29, 0.717) is 11.4 Å². The number of halogens is 2. The molecule has 0 saturated carbocycles. The van der Waals surface area contributed by atoms with Crippen molar-refractivity contribution in [2.45, 2.75) is 4.90 Å². The first kappa shape index (κ1) is 16.1. The smallest absolute Gasteiger partial charge is 0.261 e. The van der Waals surface area contributed by atoms with Crippen LogP contribution in [0.15, 0.2) is 53.4 Å². The van der Waals surface area contributed by atoms with Gasteiger partial charge in [-0.25, -0.2) is 8.42 Å². The summed E-state index contributed by atoms with van der Waals surface area (Å²) in [5.74, 6) is 0. The van der Waals surface area contributed by atoms with Gasteiger partial charge in [0.1, 0.15) is 0 Å². The summed E-state index contributed by atoms with van der Waals surface area (Å²) in [7, 11) is -3.55. The van der Waals surface area contributed by atoms with Gasteiger partial charge < -0.3 is 18.1 Å². The number of nitrogen functional groups attached to an aromatic ring is 1. The molecular weight excluding hydrogens is 399 g/mol. The molecule has 0 atom stereocenters. The number of nitrogens with two attached hydrogens (primary N) is 1. The zero-order chi connectivity index (χ0) is 13.2. The van der Waals surface area contributed by atoms with Gasteiger partial charge in [-0.15, -0.1) is 0 Å².